The lowest BCUT2D eigenvalue weighted by Crippen LogP contribution is -2.41. The van der Waals surface area contributed by atoms with Gasteiger partial charge in [0, 0.05) is 6.54 Å². The van der Waals surface area contributed by atoms with E-state index in [0.29, 0.717) is 13.0 Å². The molecular formula is C14H19NO2. The molecule has 1 aromatic carbocycles. The first-order valence-electron chi connectivity index (χ1n) is 6.27. The number of fused-ring (bicyclic) bond motifs is 1. The van der Waals surface area contributed by atoms with Gasteiger partial charge in [-0.15, -0.1) is 0 Å². The molecule has 0 bridgehead atoms. The summed E-state index contributed by atoms with van der Waals surface area (Å²) in [6.07, 6.45) is 4.13. The Morgan fingerprint density at radius 3 is 3.00 bits per heavy atom. The van der Waals surface area contributed by atoms with Crippen LogP contribution in [0.2, 0.25) is 0 Å². The van der Waals surface area contributed by atoms with E-state index in [9.17, 15) is 4.79 Å². The van der Waals surface area contributed by atoms with Crippen LogP contribution in [0.3, 0.4) is 0 Å². The molecule has 92 valence electrons. The Hall–Kier alpha value is -1.35. The zero-order chi connectivity index (χ0) is 12.3. The fraction of sp³-hybridized carbons (Fsp3) is 0.500. The summed E-state index contributed by atoms with van der Waals surface area (Å²) in [5.41, 5.74) is 3.80. The van der Waals surface area contributed by atoms with E-state index in [4.69, 9.17) is 5.11 Å². The van der Waals surface area contributed by atoms with Gasteiger partial charge in [0.2, 0.25) is 0 Å². The highest BCUT2D eigenvalue weighted by atomic mass is 16.4. The van der Waals surface area contributed by atoms with Gasteiger partial charge in [-0.1, -0.05) is 31.5 Å². The average Bonchev–Trinajstić information content (AvgIpc) is 2.35. The number of aryl methyl sites for hydroxylation is 1. The van der Waals surface area contributed by atoms with Gasteiger partial charge in [-0.25, -0.2) is 0 Å². The molecule has 0 fully saturated rings. The van der Waals surface area contributed by atoms with Gasteiger partial charge in [0.05, 0.1) is 0 Å². The fourth-order valence-electron chi connectivity index (χ4n) is 2.28. The Morgan fingerprint density at radius 2 is 2.29 bits per heavy atom. The Labute approximate surface area is 102 Å². The molecule has 2 rings (SSSR count). The van der Waals surface area contributed by atoms with Gasteiger partial charge in [0.15, 0.2) is 0 Å². The third-order valence-electron chi connectivity index (χ3n) is 3.35. The van der Waals surface area contributed by atoms with Crippen molar-refractivity contribution in [3.05, 3.63) is 34.9 Å². The third-order valence-corrected chi connectivity index (χ3v) is 3.35. The Kier molecular flexibility index (Phi) is 3.79. The van der Waals surface area contributed by atoms with E-state index in [1.165, 1.54) is 29.5 Å². The summed E-state index contributed by atoms with van der Waals surface area (Å²) >= 11 is 0. The quantitative estimate of drug-likeness (QED) is 0.837. The highest BCUT2D eigenvalue weighted by Crippen LogP contribution is 2.19. The molecule has 1 aliphatic rings. The van der Waals surface area contributed by atoms with Gasteiger partial charge in [-0.05, 0) is 36.0 Å². The van der Waals surface area contributed by atoms with E-state index in [1.807, 2.05) is 0 Å². The van der Waals surface area contributed by atoms with Crippen molar-refractivity contribution in [2.24, 2.45) is 0 Å². The van der Waals surface area contributed by atoms with E-state index in [0.717, 1.165) is 6.42 Å². The maximum Gasteiger partial charge on any atom is 0.321 e. The molecule has 1 aromatic rings. The minimum Gasteiger partial charge on any atom is -0.480 e. The average molecular weight is 233 g/mol. The number of hydrogen-bond acceptors (Lipinski definition) is 2. The van der Waals surface area contributed by atoms with Gasteiger partial charge < -0.3 is 10.4 Å². The van der Waals surface area contributed by atoms with Gasteiger partial charge in [-0.3, -0.25) is 4.79 Å². The van der Waals surface area contributed by atoms with E-state index in [-0.39, 0.29) is 0 Å². The number of hydrogen-bond donors (Lipinski definition) is 2. The van der Waals surface area contributed by atoms with Crippen LogP contribution in [0.1, 0.15) is 36.5 Å². The van der Waals surface area contributed by atoms with E-state index >= 15 is 0 Å². The van der Waals surface area contributed by atoms with Crippen molar-refractivity contribution in [3.8, 4) is 0 Å². The van der Waals surface area contributed by atoms with Crippen molar-refractivity contribution in [3.63, 3.8) is 0 Å². The molecule has 17 heavy (non-hydrogen) atoms. The highest BCUT2D eigenvalue weighted by molar-refractivity contribution is 5.74. The molecule has 0 spiro atoms. The molecule has 0 saturated heterocycles. The number of nitrogens with one attached hydrogen (secondary N) is 1. The molecule has 0 aromatic heterocycles. The van der Waals surface area contributed by atoms with Crippen LogP contribution in [-0.2, 0) is 24.2 Å². The summed E-state index contributed by atoms with van der Waals surface area (Å²) in [5.74, 6) is -0.759. The van der Waals surface area contributed by atoms with Crippen molar-refractivity contribution in [1.82, 2.24) is 5.32 Å². The molecular weight excluding hydrogens is 214 g/mol. The number of carboxylic acids is 1. The molecule has 0 amide bonds. The van der Waals surface area contributed by atoms with Crippen molar-refractivity contribution < 1.29 is 9.90 Å². The van der Waals surface area contributed by atoms with Crippen LogP contribution >= 0.6 is 0 Å². The van der Waals surface area contributed by atoms with Crippen molar-refractivity contribution in [1.29, 1.82) is 0 Å². The maximum absolute atomic E-state index is 10.9. The smallest absolute Gasteiger partial charge is 0.321 e. The number of carbonyl (C=O) groups is 1. The van der Waals surface area contributed by atoms with Gasteiger partial charge >= 0.3 is 5.97 Å². The molecule has 3 nitrogen and oxygen atoms in total. The first-order valence-corrected chi connectivity index (χ1v) is 6.27. The lowest BCUT2D eigenvalue weighted by atomic mass is 9.93. The molecule has 3 heteroatoms. The van der Waals surface area contributed by atoms with Crippen LogP contribution in [0.25, 0.3) is 0 Å². The van der Waals surface area contributed by atoms with Crippen LogP contribution in [0.5, 0.6) is 0 Å². The summed E-state index contributed by atoms with van der Waals surface area (Å²) in [6, 6.07) is 6.02. The first-order chi connectivity index (χ1) is 8.20. The molecule has 0 radical (unpaired) electrons. The molecule has 1 heterocycles. The summed E-state index contributed by atoms with van der Waals surface area (Å²) in [4.78, 5) is 10.9. The SMILES string of the molecule is CCCCc1ccc2c(c1)CNC(C(=O)O)C2. The second-order valence-electron chi connectivity index (χ2n) is 4.68. The third kappa shape index (κ3) is 2.86. The molecule has 1 atom stereocenters. The predicted octanol–water partition coefficient (Wildman–Crippen LogP) is 2.13. The zero-order valence-electron chi connectivity index (χ0n) is 10.2. The topological polar surface area (TPSA) is 49.3 Å². The monoisotopic (exact) mass is 233 g/mol. The van der Waals surface area contributed by atoms with Crippen LogP contribution in [0.15, 0.2) is 18.2 Å². The zero-order valence-corrected chi connectivity index (χ0v) is 10.2. The molecule has 0 aliphatic carbocycles. The number of carboxylic acid groups (broad SMARTS) is 1. The van der Waals surface area contributed by atoms with Gasteiger partial charge in [0.1, 0.15) is 6.04 Å². The fourth-order valence-corrected chi connectivity index (χ4v) is 2.28. The summed E-state index contributed by atoms with van der Waals surface area (Å²) in [7, 11) is 0. The predicted molar refractivity (Wildman–Crippen MR) is 67.0 cm³/mol. The summed E-state index contributed by atoms with van der Waals surface area (Å²) < 4.78 is 0. The number of aliphatic carboxylic acids is 1. The molecule has 1 unspecified atom stereocenters. The minimum atomic E-state index is -0.759. The van der Waals surface area contributed by atoms with Crippen LogP contribution in [0, 0.1) is 0 Å². The molecule has 2 N–H and O–H groups in total. The Bertz CT molecular complexity index is 415. The normalized spacial score (nSPS) is 18.8. The Morgan fingerprint density at radius 1 is 1.47 bits per heavy atom. The summed E-state index contributed by atoms with van der Waals surface area (Å²) in [5, 5.41) is 12.0. The van der Waals surface area contributed by atoms with Crippen LogP contribution < -0.4 is 5.32 Å². The van der Waals surface area contributed by atoms with Crippen LogP contribution in [-0.4, -0.2) is 17.1 Å². The standard InChI is InChI=1S/C14H19NO2/c1-2-3-4-10-5-6-11-8-13(14(16)17)15-9-12(11)7-10/h5-7,13,15H,2-4,8-9H2,1H3,(H,16,17). The van der Waals surface area contributed by atoms with Gasteiger partial charge in [-0.2, -0.15) is 0 Å². The van der Waals surface area contributed by atoms with Crippen molar-refractivity contribution >= 4 is 5.97 Å². The second-order valence-corrected chi connectivity index (χ2v) is 4.68. The largest absolute Gasteiger partial charge is 0.480 e. The van der Waals surface area contributed by atoms with E-state index < -0.39 is 12.0 Å². The second kappa shape index (κ2) is 5.32. The molecule has 1 aliphatic heterocycles. The van der Waals surface area contributed by atoms with Crippen molar-refractivity contribution in [2.45, 2.75) is 45.2 Å². The maximum atomic E-state index is 10.9. The first kappa shape index (κ1) is 12.1. The van der Waals surface area contributed by atoms with Crippen molar-refractivity contribution in [2.75, 3.05) is 0 Å². The lowest BCUT2D eigenvalue weighted by Gasteiger charge is -2.23. The number of unbranched alkanes of at least 4 members (excludes halogenated alkanes) is 1. The van der Waals surface area contributed by atoms with E-state index in [2.05, 4.69) is 30.4 Å². The minimum absolute atomic E-state index is 0.427. The number of rotatable bonds is 4. The molecule has 0 saturated carbocycles. The highest BCUT2D eigenvalue weighted by Gasteiger charge is 2.23. The summed E-state index contributed by atoms with van der Waals surface area (Å²) in [6.45, 7) is 2.86. The van der Waals surface area contributed by atoms with Crippen LogP contribution in [0.4, 0.5) is 0 Å². The Balaban J connectivity index is 2.11. The van der Waals surface area contributed by atoms with Gasteiger partial charge in [0.25, 0.3) is 0 Å². The van der Waals surface area contributed by atoms with E-state index in [1.54, 1.807) is 0 Å². The lowest BCUT2D eigenvalue weighted by molar-refractivity contribution is -0.139. The number of benzene rings is 1.